The van der Waals surface area contributed by atoms with E-state index in [1.165, 1.54) is 12.8 Å². The van der Waals surface area contributed by atoms with E-state index in [9.17, 15) is 9.59 Å². The highest BCUT2D eigenvalue weighted by atomic mass is 35.5. The number of carbonyl (C=O) groups excluding carboxylic acids is 2. The number of para-hydroxylation sites is 1. The number of halogens is 1. The molecule has 1 saturated heterocycles. The largest absolute Gasteiger partial charge is 0.496 e. The molecule has 2 aromatic carbocycles. The number of piperidine rings is 1. The maximum absolute atomic E-state index is 13.6. The van der Waals surface area contributed by atoms with Crippen LogP contribution in [0.25, 0.3) is 0 Å². The highest BCUT2D eigenvalue weighted by Crippen LogP contribution is 2.31. The van der Waals surface area contributed by atoms with Crippen LogP contribution >= 0.6 is 11.6 Å². The second kappa shape index (κ2) is 10.6. The van der Waals surface area contributed by atoms with Crippen molar-refractivity contribution in [3.8, 4) is 5.75 Å². The molecule has 0 aliphatic carbocycles. The molecule has 3 aromatic rings. The second-order valence-electron chi connectivity index (χ2n) is 9.27. The summed E-state index contributed by atoms with van der Waals surface area (Å²) in [6, 6.07) is 16.9. The smallest absolute Gasteiger partial charge is 0.258 e. The molecule has 0 saturated carbocycles. The van der Waals surface area contributed by atoms with Gasteiger partial charge in [-0.05, 0) is 60.7 Å². The van der Waals surface area contributed by atoms with Crippen LogP contribution in [-0.2, 0) is 11.3 Å². The minimum Gasteiger partial charge on any atom is -0.496 e. The van der Waals surface area contributed by atoms with Crippen LogP contribution in [0.3, 0.4) is 0 Å². The number of fused-ring (bicyclic) bond motifs is 1. The van der Waals surface area contributed by atoms with Crippen LogP contribution in [0.4, 0.5) is 11.4 Å². The number of methoxy groups -OCH3 is 1. The Kier molecular flexibility index (Phi) is 7.09. The molecule has 36 heavy (non-hydrogen) atoms. The summed E-state index contributed by atoms with van der Waals surface area (Å²) in [6.07, 6.45) is 5.64. The van der Waals surface area contributed by atoms with E-state index in [0.29, 0.717) is 35.3 Å². The Morgan fingerprint density at radius 2 is 1.81 bits per heavy atom. The Bertz CT molecular complexity index is 1240. The van der Waals surface area contributed by atoms with Crippen LogP contribution in [0.2, 0.25) is 5.02 Å². The number of pyridine rings is 1. The van der Waals surface area contributed by atoms with Crippen molar-refractivity contribution in [2.75, 3.05) is 43.1 Å². The summed E-state index contributed by atoms with van der Waals surface area (Å²) in [4.78, 5) is 37.0. The number of nitrogens with zero attached hydrogens (tertiary/aromatic N) is 4. The molecule has 7 nitrogen and oxygen atoms in total. The number of amides is 2. The van der Waals surface area contributed by atoms with Gasteiger partial charge in [-0.15, -0.1) is 0 Å². The Morgan fingerprint density at radius 3 is 2.56 bits per heavy atom. The van der Waals surface area contributed by atoms with Gasteiger partial charge in [0.15, 0.2) is 0 Å². The number of benzene rings is 2. The van der Waals surface area contributed by atoms with Crippen molar-refractivity contribution in [1.82, 2.24) is 9.88 Å². The zero-order valence-corrected chi connectivity index (χ0v) is 21.0. The summed E-state index contributed by atoms with van der Waals surface area (Å²) >= 11 is 6.09. The molecular formula is C28H29ClN4O3. The summed E-state index contributed by atoms with van der Waals surface area (Å²) in [7, 11) is 1.51. The first kappa shape index (κ1) is 24.1. The number of hydrogen-bond donors (Lipinski definition) is 0. The lowest BCUT2D eigenvalue weighted by molar-refractivity contribution is -0.119. The number of carbonyl (C=O) groups is 2. The quantitative estimate of drug-likeness (QED) is 0.506. The maximum Gasteiger partial charge on any atom is 0.258 e. The summed E-state index contributed by atoms with van der Waals surface area (Å²) in [6.45, 7) is 2.89. The summed E-state index contributed by atoms with van der Waals surface area (Å²) in [5.74, 6) is 0.464. The Hall–Kier alpha value is -3.58. The molecule has 0 spiro atoms. The van der Waals surface area contributed by atoms with E-state index in [-0.39, 0.29) is 18.4 Å². The van der Waals surface area contributed by atoms with Crippen LogP contribution in [-0.4, -0.2) is 55.0 Å². The molecule has 8 heteroatoms. The van der Waals surface area contributed by atoms with Crippen LogP contribution in [0.15, 0.2) is 67.0 Å². The maximum atomic E-state index is 13.6. The van der Waals surface area contributed by atoms with E-state index in [2.05, 4.69) is 9.88 Å². The average Bonchev–Trinajstić information content (AvgIpc) is 3.05. The fourth-order valence-corrected chi connectivity index (χ4v) is 5.26. The number of hydrogen-bond acceptors (Lipinski definition) is 5. The van der Waals surface area contributed by atoms with Crippen LogP contribution in [0.5, 0.6) is 5.75 Å². The molecule has 0 atom stereocenters. The predicted octanol–water partition coefficient (Wildman–Crippen LogP) is 4.65. The molecular weight excluding hydrogens is 476 g/mol. The third-order valence-electron chi connectivity index (χ3n) is 7.04. The second-order valence-corrected chi connectivity index (χ2v) is 9.71. The molecule has 2 amide bonds. The first-order chi connectivity index (χ1) is 17.5. The van der Waals surface area contributed by atoms with Gasteiger partial charge >= 0.3 is 0 Å². The van der Waals surface area contributed by atoms with Crippen LogP contribution in [0.1, 0.15) is 28.8 Å². The van der Waals surface area contributed by atoms with E-state index in [1.807, 2.05) is 53.7 Å². The molecule has 3 heterocycles. The topological polar surface area (TPSA) is 66.0 Å². The highest BCUT2D eigenvalue weighted by molar-refractivity contribution is 6.30. The van der Waals surface area contributed by atoms with Crippen molar-refractivity contribution in [2.24, 2.45) is 5.92 Å². The van der Waals surface area contributed by atoms with Gasteiger partial charge in [0, 0.05) is 55.0 Å². The van der Waals surface area contributed by atoms with Crippen molar-refractivity contribution < 1.29 is 14.3 Å². The molecule has 186 valence electrons. The van der Waals surface area contributed by atoms with Gasteiger partial charge in [0.2, 0.25) is 5.91 Å². The third kappa shape index (κ3) is 5.02. The van der Waals surface area contributed by atoms with E-state index < -0.39 is 0 Å². The lowest BCUT2D eigenvalue weighted by atomic mass is 9.95. The first-order valence-corrected chi connectivity index (χ1v) is 12.6. The van der Waals surface area contributed by atoms with Gasteiger partial charge in [-0.2, -0.15) is 0 Å². The molecule has 2 aliphatic heterocycles. The number of ether oxygens (including phenoxy) is 1. The molecule has 1 aromatic heterocycles. The summed E-state index contributed by atoms with van der Waals surface area (Å²) in [5, 5.41) is 0.488. The van der Waals surface area contributed by atoms with Crippen molar-refractivity contribution in [1.29, 1.82) is 0 Å². The van der Waals surface area contributed by atoms with Crippen molar-refractivity contribution in [2.45, 2.75) is 19.4 Å². The van der Waals surface area contributed by atoms with Gasteiger partial charge in [0.25, 0.3) is 5.91 Å². The predicted molar refractivity (Wildman–Crippen MR) is 141 cm³/mol. The average molecular weight is 505 g/mol. The van der Waals surface area contributed by atoms with Gasteiger partial charge in [0.05, 0.1) is 12.7 Å². The fourth-order valence-electron chi connectivity index (χ4n) is 5.10. The van der Waals surface area contributed by atoms with E-state index in [0.717, 1.165) is 37.2 Å². The van der Waals surface area contributed by atoms with E-state index in [1.54, 1.807) is 23.1 Å². The highest BCUT2D eigenvalue weighted by Gasteiger charge is 2.32. The van der Waals surface area contributed by atoms with Gasteiger partial charge in [0.1, 0.15) is 12.3 Å². The lowest BCUT2D eigenvalue weighted by Crippen LogP contribution is -2.44. The number of anilines is 2. The van der Waals surface area contributed by atoms with Gasteiger partial charge in [-0.1, -0.05) is 29.8 Å². The SMILES string of the molecule is COc1cc(Cl)ccc1C(=O)N1CC(=O)N(CC2CCN(c3ccncc3)CC2)c2ccccc2C1. The standard InChI is InChI=1S/C28H29ClN4O3/c1-36-26-16-22(29)6-7-24(26)28(35)32-18-21-4-2-3-5-25(21)33(27(34)19-32)17-20-10-14-31(15-11-20)23-8-12-30-13-9-23/h2-9,12-13,16,20H,10-11,14-15,17-19H2,1H3. The summed E-state index contributed by atoms with van der Waals surface area (Å²) < 4.78 is 5.39. The van der Waals surface area contributed by atoms with Crippen molar-refractivity contribution in [3.63, 3.8) is 0 Å². The Labute approximate surface area is 216 Å². The van der Waals surface area contributed by atoms with Crippen LogP contribution < -0.4 is 14.5 Å². The molecule has 2 aliphatic rings. The van der Waals surface area contributed by atoms with Gasteiger partial charge < -0.3 is 19.4 Å². The van der Waals surface area contributed by atoms with E-state index >= 15 is 0 Å². The van der Waals surface area contributed by atoms with Gasteiger partial charge in [-0.25, -0.2) is 0 Å². The molecule has 5 rings (SSSR count). The molecule has 0 unspecified atom stereocenters. The summed E-state index contributed by atoms with van der Waals surface area (Å²) in [5.41, 5.74) is 3.42. The zero-order valence-electron chi connectivity index (χ0n) is 20.3. The normalized spacial score (nSPS) is 16.5. The zero-order chi connectivity index (χ0) is 25.1. The first-order valence-electron chi connectivity index (χ1n) is 12.2. The van der Waals surface area contributed by atoms with E-state index in [4.69, 9.17) is 16.3 Å². The molecule has 0 radical (unpaired) electrons. The Morgan fingerprint density at radius 1 is 1.06 bits per heavy atom. The lowest BCUT2D eigenvalue weighted by Gasteiger charge is -2.36. The minimum atomic E-state index is -0.251. The molecule has 0 bridgehead atoms. The number of aromatic nitrogens is 1. The minimum absolute atomic E-state index is 0.00908. The molecule has 1 fully saturated rings. The Balaban J connectivity index is 1.33. The van der Waals surface area contributed by atoms with Crippen molar-refractivity contribution in [3.05, 3.63) is 83.1 Å². The number of rotatable bonds is 5. The van der Waals surface area contributed by atoms with Crippen molar-refractivity contribution >= 4 is 34.8 Å². The van der Waals surface area contributed by atoms with Gasteiger partial charge in [-0.3, -0.25) is 14.6 Å². The monoisotopic (exact) mass is 504 g/mol. The third-order valence-corrected chi connectivity index (χ3v) is 7.27. The van der Waals surface area contributed by atoms with Crippen LogP contribution in [0, 0.1) is 5.92 Å². The fraction of sp³-hybridized carbons (Fsp3) is 0.321. The molecule has 0 N–H and O–H groups in total.